The van der Waals surface area contributed by atoms with Gasteiger partial charge >= 0.3 is 0 Å². The van der Waals surface area contributed by atoms with Crippen LogP contribution in [-0.2, 0) is 14.8 Å². The Labute approximate surface area is 281 Å². The highest BCUT2D eigenvalue weighted by atomic mass is 35.5. The van der Waals surface area contributed by atoms with Gasteiger partial charge in [0.05, 0.1) is 34.8 Å². The van der Waals surface area contributed by atoms with Crippen LogP contribution in [0.3, 0.4) is 0 Å². The Bertz CT molecular complexity index is 1830. The molecule has 0 atom stereocenters. The molecule has 0 amide bonds. The average molecular weight is 716 g/mol. The average Bonchev–Trinajstić information content (AvgIpc) is 3.42. The van der Waals surface area contributed by atoms with Gasteiger partial charge in [0.15, 0.2) is 0 Å². The highest BCUT2D eigenvalue weighted by Crippen LogP contribution is 2.42. The van der Waals surface area contributed by atoms with E-state index in [0.29, 0.717) is 30.5 Å². The highest BCUT2D eigenvalue weighted by Gasteiger charge is 2.30. The van der Waals surface area contributed by atoms with E-state index in [1.807, 2.05) is 13.8 Å². The van der Waals surface area contributed by atoms with Gasteiger partial charge in [0, 0.05) is 47.4 Å². The Kier molecular flexibility index (Phi) is 11.0. The maximum absolute atomic E-state index is 15.8. The lowest BCUT2D eigenvalue weighted by atomic mass is 9.81. The van der Waals surface area contributed by atoms with Crippen LogP contribution in [0.25, 0.3) is 22.2 Å². The molecule has 0 aliphatic heterocycles. The van der Waals surface area contributed by atoms with E-state index in [0.717, 1.165) is 61.5 Å². The number of nitrogen functional groups attached to an aromatic ring is 1. The molecule has 4 N–H and O–H groups in total. The van der Waals surface area contributed by atoms with Gasteiger partial charge in [0.2, 0.25) is 0 Å². The summed E-state index contributed by atoms with van der Waals surface area (Å²) in [6.07, 6.45) is 5.46. The summed E-state index contributed by atoms with van der Waals surface area (Å²) in [6.45, 7) is 5.77. The first-order valence-corrected chi connectivity index (χ1v) is 17.7. The Morgan fingerprint density at radius 3 is 2.52 bits per heavy atom. The summed E-state index contributed by atoms with van der Waals surface area (Å²) in [6, 6.07) is 5.73. The third kappa shape index (κ3) is 7.37. The maximum atomic E-state index is 15.8. The number of benzene rings is 2. The molecule has 0 spiro atoms. The fourth-order valence-electron chi connectivity index (χ4n) is 5.87. The number of hydrogen-bond acceptors (Lipinski definition) is 7. The van der Waals surface area contributed by atoms with Gasteiger partial charge < -0.3 is 15.8 Å². The molecule has 4 aromatic rings. The molecule has 1 fully saturated rings. The smallest absolute Gasteiger partial charge is 0.263 e. The third-order valence-electron chi connectivity index (χ3n) is 8.08. The first kappa shape index (κ1) is 34.6. The first-order chi connectivity index (χ1) is 21.9. The van der Waals surface area contributed by atoms with E-state index in [9.17, 15) is 8.42 Å². The minimum Gasteiger partial charge on any atom is -0.383 e. The van der Waals surface area contributed by atoms with E-state index in [2.05, 4.69) is 15.0 Å². The summed E-state index contributed by atoms with van der Waals surface area (Å²) in [4.78, 5) is 4.08. The van der Waals surface area contributed by atoms with Gasteiger partial charge in [0.25, 0.3) is 10.0 Å². The maximum Gasteiger partial charge on any atom is 0.263 e. The van der Waals surface area contributed by atoms with Crippen molar-refractivity contribution in [3.8, 4) is 11.3 Å². The Hall–Kier alpha value is -2.74. The van der Waals surface area contributed by atoms with Gasteiger partial charge in [-0.1, -0.05) is 23.2 Å². The molecule has 0 saturated heterocycles. The van der Waals surface area contributed by atoms with Crippen molar-refractivity contribution < 1.29 is 21.9 Å². The van der Waals surface area contributed by atoms with Gasteiger partial charge in [-0.15, -0.1) is 11.6 Å². The fourth-order valence-corrected chi connectivity index (χ4v) is 7.80. The van der Waals surface area contributed by atoms with Crippen LogP contribution in [0.15, 0.2) is 41.4 Å². The van der Waals surface area contributed by atoms with Crippen LogP contribution in [0.5, 0.6) is 0 Å². The van der Waals surface area contributed by atoms with E-state index in [1.165, 1.54) is 12.1 Å². The number of hydrogen-bond donors (Lipinski definition) is 3. The predicted molar refractivity (Wildman–Crippen MR) is 179 cm³/mol. The summed E-state index contributed by atoms with van der Waals surface area (Å²) in [5.74, 6) is -1.16. The molecular formula is C31H35Cl3F2N6O3S. The van der Waals surface area contributed by atoms with Crippen LogP contribution in [0.4, 0.5) is 20.3 Å². The Morgan fingerprint density at radius 1 is 1.09 bits per heavy atom. The number of ether oxygens (including phenoxy) is 1. The van der Waals surface area contributed by atoms with Crippen molar-refractivity contribution >= 4 is 67.2 Å². The molecule has 2 aromatic carbocycles. The molecule has 248 valence electrons. The summed E-state index contributed by atoms with van der Waals surface area (Å²) >= 11 is 17.6. The predicted octanol–water partition coefficient (Wildman–Crippen LogP) is 7.52. The number of nitrogens with one attached hydrogen (secondary N) is 2. The zero-order valence-electron chi connectivity index (χ0n) is 25.3. The van der Waals surface area contributed by atoms with E-state index >= 15 is 8.78 Å². The number of aromatic nitrogens is 3. The van der Waals surface area contributed by atoms with Crippen molar-refractivity contribution in [3.05, 3.63) is 63.8 Å². The number of pyridine rings is 1. The standard InChI is InChI=1S/C31H35Cl3F2N6O3S/c1-17(2)42-30-22(18-3-6-20(7-4-18)38-10-12-45-11-9-32)16-39-31(37)28(30)29(40-42)21-14-25(36)26(15-24(21)35)41-46(43,44)27-13-19(33)5-8-23(27)34/h5,8,13-18,20,38,41H,3-4,6-7,9-12H2,1-2H3,(H2,37,39)/t18-,20-. The number of fused-ring (bicyclic) bond motifs is 1. The van der Waals surface area contributed by atoms with E-state index in [4.69, 9.17) is 50.4 Å². The van der Waals surface area contributed by atoms with Gasteiger partial charge in [-0.2, -0.15) is 5.10 Å². The van der Waals surface area contributed by atoms with Gasteiger partial charge in [0.1, 0.15) is 28.0 Å². The van der Waals surface area contributed by atoms with Crippen molar-refractivity contribution in [1.29, 1.82) is 0 Å². The molecule has 0 bridgehead atoms. The number of sulfonamides is 1. The lowest BCUT2D eigenvalue weighted by molar-refractivity contribution is 0.146. The molecule has 9 nitrogen and oxygen atoms in total. The fraction of sp³-hybridized carbons (Fsp3) is 0.419. The molecule has 0 radical (unpaired) electrons. The van der Waals surface area contributed by atoms with Crippen LogP contribution >= 0.6 is 34.8 Å². The summed E-state index contributed by atoms with van der Waals surface area (Å²) < 4.78 is 66.6. The van der Waals surface area contributed by atoms with Crippen molar-refractivity contribution in [2.24, 2.45) is 0 Å². The molecule has 46 heavy (non-hydrogen) atoms. The molecule has 2 heterocycles. The third-order valence-corrected chi connectivity index (χ3v) is 10.3. The van der Waals surface area contributed by atoms with Crippen LogP contribution in [-0.4, -0.2) is 54.9 Å². The topological polar surface area (TPSA) is 124 Å². The summed E-state index contributed by atoms with van der Waals surface area (Å²) in [5.41, 5.74) is 7.39. The largest absolute Gasteiger partial charge is 0.383 e. The van der Waals surface area contributed by atoms with Crippen molar-refractivity contribution in [3.63, 3.8) is 0 Å². The molecule has 2 aromatic heterocycles. The van der Waals surface area contributed by atoms with Crippen LogP contribution in [0.1, 0.15) is 57.1 Å². The number of alkyl halides is 1. The van der Waals surface area contributed by atoms with Crippen LogP contribution in [0.2, 0.25) is 10.0 Å². The van der Waals surface area contributed by atoms with E-state index in [1.54, 1.807) is 10.9 Å². The molecule has 15 heteroatoms. The van der Waals surface area contributed by atoms with E-state index < -0.39 is 27.3 Å². The SMILES string of the molecule is CC(C)n1nc(-c2cc(F)c(NS(=O)(=O)c3cc(Cl)ccc3Cl)cc2F)c2c(N)ncc([C@H]3CC[C@H](NCCOCCCl)CC3)c21. The van der Waals surface area contributed by atoms with Crippen molar-refractivity contribution in [1.82, 2.24) is 20.1 Å². The minimum absolute atomic E-state index is 0.110. The lowest BCUT2D eigenvalue weighted by Crippen LogP contribution is -2.35. The molecule has 5 rings (SSSR count). The van der Waals surface area contributed by atoms with Crippen molar-refractivity contribution in [2.75, 3.05) is 36.1 Å². The zero-order chi connectivity index (χ0) is 33.2. The second kappa shape index (κ2) is 14.6. The zero-order valence-corrected chi connectivity index (χ0v) is 28.4. The number of nitrogens with zero attached hydrogens (tertiary/aromatic N) is 3. The minimum atomic E-state index is -4.40. The second-order valence-electron chi connectivity index (χ2n) is 11.5. The quantitative estimate of drug-likeness (QED) is 0.102. The summed E-state index contributed by atoms with van der Waals surface area (Å²) in [7, 11) is -4.40. The van der Waals surface area contributed by atoms with Crippen LogP contribution in [0, 0.1) is 11.6 Å². The molecular weight excluding hydrogens is 681 g/mol. The number of anilines is 2. The van der Waals surface area contributed by atoms with Gasteiger partial charge in [-0.05, 0) is 75.3 Å². The number of nitrogens with two attached hydrogens (primary N) is 1. The van der Waals surface area contributed by atoms with Crippen LogP contribution < -0.4 is 15.8 Å². The molecule has 1 aliphatic rings. The Balaban J connectivity index is 1.46. The monoisotopic (exact) mass is 714 g/mol. The van der Waals surface area contributed by atoms with Gasteiger partial charge in [-0.25, -0.2) is 22.2 Å². The molecule has 1 aliphatic carbocycles. The number of rotatable bonds is 12. The number of halogens is 5. The molecule has 1 saturated carbocycles. The van der Waals surface area contributed by atoms with Gasteiger partial charge in [-0.3, -0.25) is 9.40 Å². The summed E-state index contributed by atoms with van der Waals surface area (Å²) in [5, 5.41) is 8.66. The second-order valence-corrected chi connectivity index (χ2v) is 14.4. The van der Waals surface area contributed by atoms with E-state index in [-0.39, 0.29) is 44.0 Å². The first-order valence-electron chi connectivity index (χ1n) is 14.9. The Morgan fingerprint density at radius 2 is 1.83 bits per heavy atom. The van der Waals surface area contributed by atoms with Crippen molar-refractivity contribution in [2.45, 2.75) is 62.4 Å². The lowest BCUT2D eigenvalue weighted by Gasteiger charge is -2.30. The normalized spacial score (nSPS) is 17.2. The highest BCUT2D eigenvalue weighted by molar-refractivity contribution is 7.92. The molecule has 0 unspecified atom stereocenters.